The average molecular weight is 514 g/mol. The zero-order valence-corrected chi connectivity index (χ0v) is 22.3. The molecule has 0 spiro atoms. The minimum atomic E-state index is -0.367. The fourth-order valence-corrected chi connectivity index (χ4v) is 5.75. The van der Waals surface area contributed by atoms with Gasteiger partial charge < -0.3 is 24.2 Å². The second-order valence-corrected chi connectivity index (χ2v) is 10.00. The van der Waals surface area contributed by atoms with Gasteiger partial charge in [-0.1, -0.05) is 36.4 Å². The van der Waals surface area contributed by atoms with E-state index in [1.54, 1.807) is 14.2 Å². The molecule has 2 fully saturated rings. The van der Waals surface area contributed by atoms with E-state index in [0.717, 1.165) is 18.7 Å². The molecule has 0 N–H and O–H groups in total. The first-order valence-corrected chi connectivity index (χ1v) is 13.2. The van der Waals surface area contributed by atoms with E-state index in [1.165, 1.54) is 11.3 Å². The summed E-state index contributed by atoms with van der Waals surface area (Å²) in [6.45, 7) is 5.80. The number of para-hydroxylation sites is 1. The summed E-state index contributed by atoms with van der Waals surface area (Å²) in [5.41, 5.74) is 3.98. The molecule has 2 aliphatic heterocycles. The van der Waals surface area contributed by atoms with Gasteiger partial charge in [-0.3, -0.25) is 9.59 Å². The summed E-state index contributed by atoms with van der Waals surface area (Å²) in [6.07, 6.45) is 0. The van der Waals surface area contributed by atoms with Crippen molar-refractivity contribution < 1.29 is 19.1 Å². The molecule has 0 bridgehead atoms. The fraction of sp³-hybridized carbons (Fsp3) is 0.355. The molecular weight excluding hydrogens is 478 g/mol. The normalized spacial score (nSPS) is 19.4. The highest BCUT2D eigenvalue weighted by molar-refractivity contribution is 5.95. The van der Waals surface area contributed by atoms with Gasteiger partial charge in [0.15, 0.2) is 0 Å². The molecule has 2 amide bonds. The number of piperazine rings is 1. The lowest BCUT2D eigenvalue weighted by Crippen LogP contribution is -2.51. The monoisotopic (exact) mass is 513 g/mol. The third kappa shape index (κ3) is 5.05. The number of amides is 2. The summed E-state index contributed by atoms with van der Waals surface area (Å²) in [4.78, 5) is 33.6. The first-order chi connectivity index (χ1) is 18.5. The molecule has 0 radical (unpaired) electrons. The Kier molecular flexibility index (Phi) is 7.54. The summed E-state index contributed by atoms with van der Waals surface area (Å²) in [5, 5.41) is 0. The number of likely N-dealkylation sites (tertiary alicyclic amines) is 1. The molecule has 7 heteroatoms. The number of aryl methyl sites for hydroxylation is 1. The summed E-state index contributed by atoms with van der Waals surface area (Å²) in [6, 6.07) is 23.3. The predicted molar refractivity (Wildman–Crippen MR) is 148 cm³/mol. The largest absolute Gasteiger partial charge is 0.497 e. The van der Waals surface area contributed by atoms with Gasteiger partial charge in [-0.15, -0.1) is 0 Å². The van der Waals surface area contributed by atoms with Crippen LogP contribution >= 0.6 is 0 Å². The number of benzene rings is 3. The Morgan fingerprint density at radius 1 is 0.789 bits per heavy atom. The molecule has 2 aliphatic rings. The molecule has 7 nitrogen and oxygen atoms in total. The molecule has 2 atom stereocenters. The quantitative estimate of drug-likeness (QED) is 0.494. The van der Waals surface area contributed by atoms with E-state index in [4.69, 9.17) is 9.47 Å². The molecule has 3 aromatic carbocycles. The number of hydrogen-bond donors (Lipinski definition) is 0. The van der Waals surface area contributed by atoms with E-state index >= 15 is 0 Å². The summed E-state index contributed by atoms with van der Waals surface area (Å²) in [7, 11) is 3.26. The van der Waals surface area contributed by atoms with Crippen molar-refractivity contribution in [2.24, 2.45) is 5.92 Å². The number of rotatable bonds is 6. The van der Waals surface area contributed by atoms with Crippen molar-refractivity contribution in [2.45, 2.75) is 12.8 Å². The molecule has 2 saturated heterocycles. The van der Waals surface area contributed by atoms with E-state index in [0.29, 0.717) is 43.2 Å². The van der Waals surface area contributed by atoms with Gasteiger partial charge in [0.2, 0.25) is 5.91 Å². The molecule has 2 unspecified atom stereocenters. The van der Waals surface area contributed by atoms with Crippen LogP contribution in [-0.4, -0.2) is 75.1 Å². The smallest absolute Gasteiger partial charge is 0.253 e. The Morgan fingerprint density at radius 2 is 1.50 bits per heavy atom. The number of nitrogens with zero attached hydrogens (tertiary/aromatic N) is 3. The van der Waals surface area contributed by atoms with Gasteiger partial charge in [0.25, 0.3) is 5.91 Å². The van der Waals surface area contributed by atoms with Crippen LogP contribution in [-0.2, 0) is 4.79 Å². The number of methoxy groups -OCH3 is 2. The third-order valence-electron chi connectivity index (χ3n) is 7.83. The summed E-state index contributed by atoms with van der Waals surface area (Å²) >= 11 is 0. The van der Waals surface area contributed by atoms with Crippen molar-refractivity contribution in [3.05, 3.63) is 89.5 Å². The van der Waals surface area contributed by atoms with E-state index in [2.05, 4.69) is 30.0 Å². The van der Waals surface area contributed by atoms with Gasteiger partial charge in [0.05, 0.1) is 20.1 Å². The number of anilines is 1. The van der Waals surface area contributed by atoms with Crippen LogP contribution in [0.3, 0.4) is 0 Å². The third-order valence-corrected chi connectivity index (χ3v) is 7.83. The SMILES string of the molecule is COc1ccc(OC)c(C2CN(C(=O)c3ccccc3)CC2C(=O)N2CCN(c3ccccc3C)CC2)c1. The van der Waals surface area contributed by atoms with Crippen molar-refractivity contribution in [3.8, 4) is 11.5 Å². The van der Waals surface area contributed by atoms with Crippen LogP contribution in [0, 0.1) is 12.8 Å². The van der Waals surface area contributed by atoms with E-state index in [1.807, 2.05) is 64.4 Å². The van der Waals surface area contributed by atoms with E-state index in [-0.39, 0.29) is 23.7 Å². The van der Waals surface area contributed by atoms with Crippen LogP contribution in [0.25, 0.3) is 0 Å². The van der Waals surface area contributed by atoms with Crippen molar-refractivity contribution in [2.75, 3.05) is 58.4 Å². The van der Waals surface area contributed by atoms with Crippen molar-refractivity contribution in [3.63, 3.8) is 0 Å². The highest BCUT2D eigenvalue weighted by Crippen LogP contribution is 2.41. The minimum absolute atomic E-state index is 0.0582. The maximum absolute atomic E-state index is 14.1. The zero-order valence-electron chi connectivity index (χ0n) is 22.3. The molecule has 198 valence electrons. The average Bonchev–Trinajstić information content (AvgIpc) is 3.42. The Hall–Kier alpha value is -4.00. The number of carbonyl (C=O) groups is 2. The van der Waals surface area contributed by atoms with E-state index in [9.17, 15) is 9.59 Å². The molecule has 0 aromatic heterocycles. The highest BCUT2D eigenvalue weighted by Gasteiger charge is 2.44. The van der Waals surface area contributed by atoms with Crippen LogP contribution in [0.15, 0.2) is 72.8 Å². The Bertz CT molecular complexity index is 1290. The van der Waals surface area contributed by atoms with Gasteiger partial charge in [0, 0.05) is 62.0 Å². The topological polar surface area (TPSA) is 62.3 Å². The lowest BCUT2D eigenvalue weighted by atomic mass is 9.87. The van der Waals surface area contributed by atoms with Crippen LogP contribution in [0.2, 0.25) is 0 Å². The van der Waals surface area contributed by atoms with Gasteiger partial charge >= 0.3 is 0 Å². The molecule has 3 aromatic rings. The summed E-state index contributed by atoms with van der Waals surface area (Å²) in [5.74, 6) is 0.867. The predicted octanol–water partition coefficient (Wildman–Crippen LogP) is 4.22. The second-order valence-electron chi connectivity index (χ2n) is 10.00. The van der Waals surface area contributed by atoms with Crippen LogP contribution in [0.4, 0.5) is 5.69 Å². The lowest BCUT2D eigenvalue weighted by Gasteiger charge is -2.38. The molecule has 38 heavy (non-hydrogen) atoms. The van der Waals surface area contributed by atoms with Crippen LogP contribution < -0.4 is 14.4 Å². The van der Waals surface area contributed by atoms with Gasteiger partial charge in [-0.25, -0.2) is 0 Å². The van der Waals surface area contributed by atoms with Gasteiger partial charge in [-0.2, -0.15) is 0 Å². The molecule has 2 heterocycles. The zero-order chi connectivity index (χ0) is 26.6. The molecule has 5 rings (SSSR count). The highest BCUT2D eigenvalue weighted by atomic mass is 16.5. The minimum Gasteiger partial charge on any atom is -0.497 e. The van der Waals surface area contributed by atoms with Crippen LogP contribution in [0.5, 0.6) is 11.5 Å². The lowest BCUT2D eigenvalue weighted by molar-refractivity contribution is -0.135. The molecule has 0 saturated carbocycles. The number of ether oxygens (including phenoxy) is 2. The number of carbonyl (C=O) groups excluding carboxylic acids is 2. The molecule has 0 aliphatic carbocycles. The fourth-order valence-electron chi connectivity index (χ4n) is 5.75. The van der Waals surface area contributed by atoms with Crippen molar-refractivity contribution in [1.29, 1.82) is 0 Å². The first kappa shape index (κ1) is 25.6. The Morgan fingerprint density at radius 3 is 2.18 bits per heavy atom. The van der Waals surface area contributed by atoms with Crippen molar-refractivity contribution >= 4 is 17.5 Å². The standard InChI is InChI=1S/C31H35N3O4/c1-22-9-7-8-12-28(22)32-15-17-33(18-16-32)31(36)27-21-34(30(35)23-10-5-4-6-11-23)20-26(27)25-19-24(37-2)13-14-29(25)38-3/h4-14,19,26-27H,15-18,20-21H2,1-3H3. The van der Waals surface area contributed by atoms with Crippen LogP contribution in [0.1, 0.15) is 27.4 Å². The van der Waals surface area contributed by atoms with Gasteiger partial charge in [-0.05, 0) is 48.9 Å². The first-order valence-electron chi connectivity index (χ1n) is 13.2. The molecular formula is C31H35N3O4. The second kappa shape index (κ2) is 11.2. The Labute approximate surface area is 224 Å². The number of hydrogen-bond acceptors (Lipinski definition) is 5. The maximum Gasteiger partial charge on any atom is 0.253 e. The Balaban J connectivity index is 1.40. The summed E-state index contributed by atoms with van der Waals surface area (Å²) < 4.78 is 11.2. The van der Waals surface area contributed by atoms with Crippen molar-refractivity contribution in [1.82, 2.24) is 9.80 Å². The van der Waals surface area contributed by atoms with E-state index < -0.39 is 0 Å². The maximum atomic E-state index is 14.1. The van der Waals surface area contributed by atoms with Gasteiger partial charge in [0.1, 0.15) is 11.5 Å².